The van der Waals surface area contributed by atoms with Crippen LogP contribution in [-0.2, 0) is 25.9 Å². The predicted molar refractivity (Wildman–Crippen MR) is 107 cm³/mol. The summed E-state index contributed by atoms with van der Waals surface area (Å²) in [5.41, 5.74) is 3.72. The second-order valence-corrected chi connectivity index (χ2v) is 7.82. The van der Waals surface area contributed by atoms with Crippen molar-refractivity contribution in [1.82, 2.24) is 30.1 Å². The molecule has 1 N–H and O–H groups in total. The van der Waals surface area contributed by atoms with Crippen molar-refractivity contribution in [3.05, 3.63) is 53.1 Å². The summed E-state index contributed by atoms with van der Waals surface area (Å²) in [6, 6.07) is 7.57. The molecule has 30 heavy (non-hydrogen) atoms. The van der Waals surface area contributed by atoms with Crippen molar-refractivity contribution < 1.29 is 14.3 Å². The molecule has 0 saturated heterocycles. The Balaban J connectivity index is 1.22. The molecule has 2 aromatic heterocycles. The molecular formula is C21H24N6O3. The van der Waals surface area contributed by atoms with Crippen LogP contribution in [0.3, 0.4) is 0 Å². The average Bonchev–Trinajstić information content (AvgIpc) is 3.40. The number of carbonyl (C=O) groups is 1. The monoisotopic (exact) mass is 408 g/mol. The molecule has 0 unspecified atom stereocenters. The third-order valence-electron chi connectivity index (χ3n) is 5.59. The van der Waals surface area contributed by atoms with Gasteiger partial charge in [0.25, 0.3) is 5.91 Å². The van der Waals surface area contributed by atoms with E-state index in [1.807, 2.05) is 24.3 Å². The number of carbonyl (C=O) groups excluding carboxylic acids is 1. The van der Waals surface area contributed by atoms with Gasteiger partial charge in [-0.25, -0.2) is 4.68 Å². The maximum absolute atomic E-state index is 12.8. The normalized spacial score (nSPS) is 17.4. The SMILES string of the molecule is CN(Cc1n[nH]c2c1CCCC2)C(=O)c1cn(C[C@H]2COc3ccccc3O2)nn1. The summed E-state index contributed by atoms with van der Waals surface area (Å²) in [4.78, 5) is 14.5. The van der Waals surface area contributed by atoms with E-state index in [0.29, 0.717) is 31.1 Å². The van der Waals surface area contributed by atoms with Gasteiger partial charge in [0, 0.05) is 12.7 Å². The van der Waals surface area contributed by atoms with Gasteiger partial charge in [0.15, 0.2) is 23.3 Å². The van der Waals surface area contributed by atoms with Gasteiger partial charge in [0.05, 0.1) is 25.0 Å². The molecule has 3 heterocycles. The van der Waals surface area contributed by atoms with Crippen LogP contribution in [0.5, 0.6) is 11.5 Å². The Morgan fingerprint density at radius 1 is 1.27 bits per heavy atom. The van der Waals surface area contributed by atoms with Crippen molar-refractivity contribution >= 4 is 5.91 Å². The molecule has 1 aliphatic heterocycles. The van der Waals surface area contributed by atoms with Crippen molar-refractivity contribution in [1.29, 1.82) is 0 Å². The van der Waals surface area contributed by atoms with Gasteiger partial charge in [-0.1, -0.05) is 17.3 Å². The van der Waals surface area contributed by atoms with E-state index in [1.165, 1.54) is 24.1 Å². The molecule has 0 spiro atoms. The highest BCUT2D eigenvalue weighted by Gasteiger charge is 2.24. The smallest absolute Gasteiger partial charge is 0.276 e. The third-order valence-corrected chi connectivity index (χ3v) is 5.59. The molecule has 0 bridgehead atoms. The van der Waals surface area contributed by atoms with E-state index in [1.54, 1.807) is 22.8 Å². The Morgan fingerprint density at radius 3 is 3.00 bits per heavy atom. The van der Waals surface area contributed by atoms with E-state index in [-0.39, 0.29) is 12.0 Å². The van der Waals surface area contributed by atoms with Gasteiger partial charge in [-0.3, -0.25) is 9.89 Å². The quantitative estimate of drug-likeness (QED) is 0.693. The molecule has 9 nitrogen and oxygen atoms in total. The van der Waals surface area contributed by atoms with Crippen LogP contribution in [0.4, 0.5) is 0 Å². The molecule has 1 atom stereocenters. The minimum Gasteiger partial charge on any atom is -0.486 e. The molecule has 9 heteroatoms. The van der Waals surface area contributed by atoms with Gasteiger partial charge in [-0.15, -0.1) is 5.10 Å². The number of aromatic amines is 1. The molecule has 1 amide bonds. The lowest BCUT2D eigenvalue weighted by atomic mass is 9.96. The fourth-order valence-corrected chi connectivity index (χ4v) is 4.02. The zero-order chi connectivity index (χ0) is 20.5. The zero-order valence-electron chi connectivity index (χ0n) is 16.9. The predicted octanol–water partition coefficient (Wildman–Crippen LogP) is 1.99. The van der Waals surface area contributed by atoms with Crippen LogP contribution < -0.4 is 9.47 Å². The molecule has 1 aromatic carbocycles. The molecule has 0 saturated carbocycles. The molecule has 5 rings (SSSR count). The van der Waals surface area contributed by atoms with Gasteiger partial charge in [0.2, 0.25) is 0 Å². The Bertz CT molecular complexity index is 1060. The first-order valence-corrected chi connectivity index (χ1v) is 10.3. The van der Waals surface area contributed by atoms with Crippen LogP contribution in [0.2, 0.25) is 0 Å². The number of fused-ring (bicyclic) bond motifs is 2. The van der Waals surface area contributed by atoms with Crippen LogP contribution in [0.15, 0.2) is 30.5 Å². The summed E-state index contributed by atoms with van der Waals surface area (Å²) in [7, 11) is 1.76. The summed E-state index contributed by atoms with van der Waals surface area (Å²) >= 11 is 0. The minimum absolute atomic E-state index is 0.181. The fraction of sp³-hybridized carbons (Fsp3) is 0.429. The first-order chi connectivity index (χ1) is 14.7. The summed E-state index contributed by atoms with van der Waals surface area (Å²) in [6.45, 7) is 1.32. The molecule has 0 radical (unpaired) electrons. The van der Waals surface area contributed by atoms with E-state index >= 15 is 0 Å². The number of ether oxygens (including phenoxy) is 2. The second kappa shape index (κ2) is 7.81. The number of benzene rings is 1. The average molecular weight is 408 g/mol. The highest BCUT2D eigenvalue weighted by atomic mass is 16.6. The number of hydrogen-bond donors (Lipinski definition) is 1. The number of H-pyrrole nitrogens is 1. The topological polar surface area (TPSA) is 98.2 Å². The Morgan fingerprint density at radius 2 is 2.10 bits per heavy atom. The molecule has 2 aliphatic rings. The maximum Gasteiger partial charge on any atom is 0.276 e. The van der Waals surface area contributed by atoms with Gasteiger partial charge in [-0.05, 0) is 43.4 Å². The van der Waals surface area contributed by atoms with Gasteiger partial charge in [0.1, 0.15) is 6.61 Å². The van der Waals surface area contributed by atoms with E-state index in [2.05, 4.69) is 20.5 Å². The molecular weight excluding hydrogens is 384 g/mol. The van der Waals surface area contributed by atoms with Crippen molar-refractivity contribution in [3.8, 4) is 11.5 Å². The molecule has 1 aliphatic carbocycles. The van der Waals surface area contributed by atoms with E-state index in [0.717, 1.165) is 24.3 Å². The summed E-state index contributed by atoms with van der Waals surface area (Å²) in [5.74, 6) is 1.28. The van der Waals surface area contributed by atoms with Gasteiger partial charge < -0.3 is 14.4 Å². The van der Waals surface area contributed by atoms with Crippen molar-refractivity contribution in [3.63, 3.8) is 0 Å². The van der Waals surface area contributed by atoms with E-state index < -0.39 is 0 Å². The Labute approximate surface area is 174 Å². The Hall–Kier alpha value is -3.36. The van der Waals surface area contributed by atoms with Gasteiger partial charge in [-0.2, -0.15) is 5.10 Å². The van der Waals surface area contributed by atoms with Crippen LogP contribution in [0, 0.1) is 0 Å². The van der Waals surface area contributed by atoms with Crippen molar-refractivity contribution in [2.24, 2.45) is 0 Å². The molecule has 3 aromatic rings. The van der Waals surface area contributed by atoms with Crippen molar-refractivity contribution in [2.45, 2.75) is 44.9 Å². The minimum atomic E-state index is -0.196. The lowest BCUT2D eigenvalue weighted by Gasteiger charge is -2.26. The number of aryl methyl sites for hydroxylation is 1. The highest BCUT2D eigenvalue weighted by Crippen LogP contribution is 2.31. The lowest BCUT2D eigenvalue weighted by molar-refractivity contribution is 0.0752. The highest BCUT2D eigenvalue weighted by molar-refractivity contribution is 5.91. The number of aromatic nitrogens is 5. The third kappa shape index (κ3) is 3.62. The van der Waals surface area contributed by atoms with E-state index in [9.17, 15) is 4.79 Å². The number of para-hydroxylation sites is 2. The number of nitrogens with one attached hydrogen (secondary N) is 1. The Kier molecular flexibility index (Phi) is 4.86. The number of rotatable bonds is 5. The standard InChI is InChI=1S/C21H24N6O3/c1-26(11-17-15-6-2-3-7-16(15)22-23-17)21(28)18-12-27(25-24-18)10-14-13-29-19-8-4-5-9-20(19)30-14/h4-5,8-9,12,14H,2-3,6-7,10-11,13H2,1H3,(H,22,23)/t14-/m0/s1. The second-order valence-electron chi connectivity index (χ2n) is 7.82. The van der Waals surface area contributed by atoms with Crippen LogP contribution >= 0.6 is 0 Å². The number of amides is 1. The van der Waals surface area contributed by atoms with Crippen LogP contribution in [-0.4, -0.2) is 55.8 Å². The number of hydrogen-bond acceptors (Lipinski definition) is 6. The van der Waals surface area contributed by atoms with Gasteiger partial charge >= 0.3 is 0 Å². The molecule has 156 valence electrons. The number of nitrogens with zero attached hydrogens (tertiary/aromatic N) is 5. The van der Waals surface area contributed by atoms with Crippen LogP contribution in [0.1, 0.15) is 40.3 Å². The van der Waals surface area contributed by atoms with Crippen LogP contribution in [0.25, 0.3) is 0 Å². The van der Waals surface area contributed by atoms with Crippen molar-refractivity contribution in [2.75, 3.05) is 13.7 Å². The lowest BCUT2D eigenvalue weighted by Crippen LogP contribution is -2.33. The first kappa shape index (κ1) is 18.7. The summed E-state index contributed by atoms with van der Waals surface area (Å²) in [6.07, 6.45) is 5.87. The largest absolute Gasteiger partial charge is 0.486 e. The molecule has 0 fully saturated rings. The fourth-order valence-electron chi connectivity index (χ4n) is 4.02. The summed E-state index contributed by atoms with van der Waals surface area (Å²) < 4.78 is 13.3. The van der Waals surface area contributed by atoms with E-state index in [4.69, 9.17) is 9.47 Å². The zero-order valence-corrected chi connectivity index (χ0v) is 16.9. The summed E-state index contributed by atoms with van der Waals surface area (Å²) in [5, 5.41) is 15.7. The first-order valence-electron chi connectivity index (χ1n) is 10.3. The maximum atomic E-state index is 12.8.